The van der Waals surface area contributed by atoms with Gasteiger partial charge in [0.15, 0.2) is 0 Å². The van der Waals surface area contributed by atoms with E-state index in [1.807, 2.05) is 25.1 Å². The third-order valence-electron chi connectivity index (χ3n) is 3.89. The number of benzene rings is 1. The first-order chi connectivity index (χ1) is 10.1. The minimum atomic E-state index is -0.287. The normalized spacial score (nSPS) is 15.4. The van der Waals surface area contributed by atoms with E-state index in [9.17, 15) is 9.59 Å². The number of amides is 3. The number of methoxy groups -OCH3 is 1. The second-order valence-corrected chi connectivity index (χ2v) is 5.05. The molecule has 3 rings (SSSR count). The van der Waals surface area contributed by atoms with Crippen molar-refractivity contribution in [3.63, 3.8) is 0 Å². The van der Waals surface area contributed by atoms with Gasteiger partial charge >= 0.3 is 6.03 Å². The molecule has 110 valence electrons. The monoisotopic (exact) mass is 287 g/mol. The van der Waals surface area contributed by atoms with Crippen molar-refractivity contribution in [1.29, 1.82) is 0 Å². The van der Waals surface area contributed by atoms with Crippen molar-refractivity contribution in [2.75, 3.05) is 20.7 Å². The Morgan fingerprint density at radius 2 is 2.10 bits per heavy atom. The summed E-state index contributed by atoms with van der Waals surface area (Å²) in [6, 6.07) is 5.27. The highest BCUT2D eigenvalue weighted by molar-refractivity contribution is 6.13. The summed E-state index contributed by atoms with van der Waals surface area (Å²) in [4.78, 5) is 30.9. The van der Waals surface area contributed by atoms with E-state index in [4.69, 9.17) is 4.74 Å². The Kier molecular flexibility index (Phi) is 3.08. The second-order valence-electron chi connectivity index (χ2n) is 5.05. The lowest BCUT2D eigenvalue weighted by atomic mass is 10.1. The van der Waals surface area contributed by atoms with Gasteiger partial charge in [0.25, 0.3) is 5.91 Å². The molecule has 0 saturated heterocycles. The van der Waals surface area contributed by atoms with Crippen molar-refractivity contribution >= 4 is 22.8 Å². The number of ether oxygens (including phenoxy) is 1. The van der Waals surface area contributed by atoms with Crippen LogP contribution in [0.5, 0.6) is 5.75 Å². The fraction of sp³-hybridized carbons (Fsp3) is 0.333. The SMILES string of the molecule is CCN1Cc2[nH]c3ccc(OC)cc3c2C(=O)N(C)C1=O. The summed E-state index contributed by atoms with van der Waals surface area (Å²) in [6.45, 7) is 2.85. The van der Waals surface area contributed by atoms with Gasteiger partial charge in [0, 0.05) is 30.2 Å². The zero-order valence-electron chi connectivity index (χ0n) is 12.3. The summed E-state index contributed by atoms with van der Waals surface area (Å²) in [5.41, 5.74) is 2.19. The second kappa shape index (κ2) is 4.80. The number of imide groups is 1. The number of fused-ring (bicyclic) bond motifs is 3. The highest BCUT2D eigenvalue weighted by Crippen LogP contribution is 2.30. The topological polar surface area (TPSA) is 65.6 Å². The smallest absolute Gasteiger partial charge is 0.327 e. The van der Waals surface area contributed by atoms with Gasteiger partial charge in [-0.15, -0.1) is 0 Å². The van der Waals surface area contributed by atoms with Gasteiger partial charge in [-0.05, 0) is 25.1 Å². The minimum absolute atomic E-state index is 0.275. The van der Waals surface area contributed by atoms with Crippen LogP contribution in [0.3, 0.4) is 0 Å². The van der Waals surface area contributed by atoms with Crippen LogP contribution in [0.1, 0.15) is 23.0 Å². The first-order valence-electron chi connectivity index (χ1n) is 6.82. The summed E-state index contributed by atoms with van der Waals surface area (Å²) in [5, 5.41) is 0.784. The molecular formula is C15H17N3O3. The molecule has 0 fully saturated rings. The number of carbonyl (C=O) groups excluding carboxylic acids is 2. The van der Waals surface area contributed by atoms with Gasteiger partial charge in [0.2, 0.25) is 0 Å². The Morgan fingerprint density at radius 1 is 1.33 bits per heavy atom. The number of H-pyrrole nitrogens is 1. The first kappa shape index (κ1) is 13.5. The summed E-state index contributed by atoms with van der Waals surface area (Å²) in [7, 11) is 3.10. The fourth-order valence-electron chi connectivity index (χ4n) is 2.69. The Labute approximate surface area is 122 Å². The standard InChI is InChI=1S/C15H17N3O3/c1-4-18-8-12-13(14(19)17(2)15(18)20)10-7-9(21-3)5-6-11(10)16-12/h5-7,16H,4,8H2,1-3H3. The summed E-state index contributed by atoms with van der Waals surface area (Å²) in [5.74, 6) is 0.396. The molecule has 2 aromatic rings. The highest BCUT2D eigenvalue weighted by Gasteiger charge is 2.32. The average molecular weight is 287 g/mol. The van der Waals surface area contributed by atoms with E-state index in [2.05, 4.69) is 4.98 Å². The molecule has 3 amide bonds. The van der Waals surface area contributed by atoms with Crippen molar-refractivity contribution in [3.05, 3.63) is 29.5 Å². The van der Waals surface area contributed by atoms with Gasteiger partial charge in [-0.2, -0.15) is 0 Å². The molecule has 0 unspecified atom stereocenters. The third-order valence-corrected chi connectivity index (χ3v) is 3.89. The van der Waals surface area contributed by atoms with E-state index >= 15 is 0 Å². The molecule has 0 saturated carbocycles. The van der Waals surface area contributed by atoms with Crippen LogP contribution in [0.4, 0.5) is 4.79 Å². The molecular weight excluding hydrogens is 270 g/mol. The predicted molar refractivity (Wildman–Crippen MR) is 78.4 cm³/mol. The van der Waals surface area contributed by atoms with E-state index in [1.54, 1.807) is 12.0 Å². The maximum absolute atomic E-state index is 12.6. The molecule has 2 heterocycles. The number of hydrogen-bond acceptors (Lipinski definition) is 3. The van der Waals surface area contributed by atoms with Gasteiger partial charge in [-0.1, -0.05) is 0 Å². The van der Waals surface area contributed by atoms with E-state index in [0.717, 1.165) is 16.6 Å². The molecule has 0 radical (unpaired) electrons. The zero-order chi connectivity index (χ0) is 15.1. The Morgan fingerprint density at radius 3 is 2.76 bits per heavy atom. The van der Waals surface area contributed by atoms with Crippen molar-refractivity contribution in [2.24, 2.45) is 0 Å². The number of aromatic amines is 1. The van der Waals surface area contributed by atoms with Crippen LogP contribution in [0.2, 0.25) is 0 Å². The molecule has 1 N–H and O–H groups in total. The summed E-state index contributed by atoms with van der Waals surface area (Å²) in [6.07, 6.45) is 0. The maximum Gasteiger partial charge on any atom is 0.327 e. The largest absolute Gasteiger partial charge is 0.497 e. The maximum atomic E-state index is 12.6. The average Bonchev–Trinajstić information content (AvgIpc) is 2.83. The van der Waals surface area contributed by atoms with Gasteiger partial charge in [0.05, 0.1) is 19.2 Å². The van der Waals surface area contributed by atoms with E-state index in [0.29, 0.717) is 24.4 Å². The summed E-state index contributed by atoms with van der Waals surface area (Å²) >= 11 is 0. The van der Waals surface area contributed by atoms with Crippen LogP contribution in [-0.2, 0) is 6.54 Å². The molecule has 1 aliphatic heterocycles. The predicted octanol–water partition coefficient (Wildman–Crippen LogP) is 2.20. The van der Waals surface area contributed by atoms with E-state index < -0.39 is 0 Å². The third kappa shape index (κ3) is 1.94. The number of aromatic nitrogens is 1. The van der Waals surface area contributed by atoms with Crippen LogP contribution in [0.25, 0.3) is 10.9 Å². The number of nitrogens with zero attached hydrogens (tertiary/aromatic N) is 2. The van der Waals surface area contributed by atoms with Crippen molar-refractivity contribution in [3.8, 4) is 5.75 Å². The molecule has 0 bridgehead atoms. The Balaban J connectivity index is 2.23. The molecule has 1 aliphatic rings. The van der Waals surface area contributed by atoms with Gasteiger partial charge in [0.1, 0.15) is 5.75 Å². The van der Waals surface area contributed by atoms with Gasteiger partial charge in [-0.3, -0.25) is 9.69 Å². The zero-order valence-corrected chi connectivity index (χ0v) is 12.3. The lowest BCUT2D eigenvalue weighted by Gasteiger charge is -2.22. The van der Waals surface area contributed by atoms with E-state index in [-0.39, 0.29) is 11.9 Å². The van der Waals surface area contributed by atoms with Crippen molar-refractivity contribution in [1.82, 2.24) is 14.8 Å². The molecule has 1 aromatic heterocycles. The summed E-state index contributed by atoms with van der Waals surface area (Å²) < 4.78 is 5.22. The minimum Gasteiger partial charge on any atom is -0.497 e. The van der Waals surface area contributed by atoms with Gasteiger partial charge < -0.3 is 14.6 Å². The molecule has 0 aliphatic carbocycles. The molecule has 6 heteroatoms. The number of nitrogens with one attached hydrogen (secondary N) is 1. The highest BCUT2D eigenvalue weighted by atomic mass is 16.5. The fourth-order valence-corrected chi connectivity index (χ4v) is 2.69. The first-order valence-corrected chi connectivity index (χ1v) is 6.82. The van der Waals surface area contributed by atoms with Crippen LogP contribution >= 0.6 is 0 Å². The van der Waals surface area contributed by atoms with Gasteiger partial charge in [-0.25, -0.2) is 4.79 Å². The molecule has 0 atom stereocenters. The van der Waals surface area contributed by atoms with E-state index in [1.165, 1.54) is 11.9 Å². The molecule has 21 heavy (non-hydrogen) atoms. The van der Waals surface area contributed by atoms with Crippen LogP contribution in [0.15, 0.2) is 18.2 Å². The molecule has 1 aromatic carbocycles. The quantitative estimate of drug-likeness (QED) is 0.921. The lowest BCUT2D eigenvalue weighted by molar-refractivity contribution is 0.0811. The Hall–Kier alpha value is -2.50. The van der Waals surface area contributed by atoms with Crippen molar-refractivity contribution in [2.45, 2.75) is 13.5 Å². The molecule has 6 nitrogen and oxygen atoms in total. The van der Waals surface area contributed by atoms with Crippen LogP contribution in [0, 0.1) is 0 Å². The number of carbonyl (C=O) groups is 2. The number of rotatable bonds is 2. The lowest BCUT2D eigenvalue weighted by Crippen LogP contribution is -2.41. The number of urea groups is 1. The van der Waals surface area contributed by atoms with Crippen LogP contribution in [-0.4, -0.2) is 47.4 Å². The number of hydrogen-bond donors (Lipinski definition) is 1. The Bertz CT molecular complexity index is 735. The van der Waals surface area contributed by atoms with Crippen LogP contribution < -0.4 is 4.74 Å². The van der Waals surface area contributed by atoms with Crippen molar-refractivity contribution < 1.29 is 14.3 Å². The molecule has 0 spiro atoms.